The number of thiophene rings is 1. The summed E-state index contributed by atoms with van der Waals surface area (Å²) in [5, 5.41) is 0. The maximum atomic E-state index is 6.09. The van der Waals surface area contributed by atoms with Gasteiger partial charge in [0.15, 0.2) is 0 Å². The molecule has 1 unspecified atom stereocenters. The highest BCUT2D eigenvalue weighted by molar-refractivity contribution is 9.13. The van der Waals surface area contributed by atoms with Gasteiger partial charge in [0.05, 0.1) is 9.83 Å². The fourth-order valence-corrected chi connectivity index (χ4v) is 4.80. The van der Waals surface area contributed by atoms with Crippen LogP contribution in [0, 0.1) is 11.8 Å². The summed E-state index contributed by atoms with van der Waals surface area (Å²) in [6.45, 7) is 3.20. The first-order valence-electron chi connectivity index (χ1n) is 7.06. The molecule has 1 heterocycles. The molecule has 2 saturated carbocycles. The third-order valence-corrected chi connectivity index (χ3v) is 7.39. The minimum atomic E-state index is 0.397. The van der Waals surface area contributed by atoms with Gasteiger partial charge in [-0.2, -0.15) is 0 Å². The molecule has 0 spiro atoms. The van der Waals surface area contributed by atoms with Gasteiger partial charge in [0, 0.05) is 29.0 Å². The van der Waals surface area contributed by atoms with Gasteiger partial charge in [-0.1, -0.05) is 0 Å². The zero-order valence-corrected chi connectivity index (χ0v) is 14.9. The quantitative estimate of drug-likeness (QED) is 0.725. The molecule has 3 rings (SSSR count). The lowest BCUT2D eigenvalue weighted by Crippen LogP contribution is -2.36. The Morgan fingerprint density at radius 1 is 1.21 bits per heavy atom. The maximum absolute atomic E-state index is 6.09. The van der Waals surface area contributed by atoms with E-state index in [0.717, 1.165) is 22.9 Å². The molecule has 2 aliphatic carbocycles. The Labute approximate surface area is 136 Å². The van der Waals surface area contributed by atoms with Crippen molar-refractivity contribution in [3.8, 4) is 0 Å². The lowest BCUT2D eigenvalue weighted by atomic mass is 10.1. The largest absolute Gasteiger partial charge is 0.329 e. The van der Waals surface area contributed by atoms with Crippen LogP contribution in [0.5, 0.6) is 0 Å². The molecule has 2 nitrogen and oxygen atoms in total. The second-order valence-corrected chi connectivity index (χ2v) is 9.12. The van der Waals surface area contributed by atoms with Crippen molar-refractivity contribution in [2.24, 2.45) is 17.6 Å². The fraction of sp³-hybridized carbons (Fsp3) is 0.714. The van der Waals surface area contributed by atoms with Crippen LogP contribution in [0.2, 0.25) is 0 Å². The summed E-state index contributed by atoms with van der Waals surface area (Å²) in [5.41, 5.74) is 6.09. The third-order valence-electron chi connectivity index (χ3n) is 4.04. The summed E-state index contributed by atoms with van der Waals surface area (Å²) in [4.78, 5) is 4.04. The van der Waals surface area contributed by atoms with Gasteiger partial charge in [-0.3, -0.25) is 4.90 Å². The number of nitrogens with zero attached hydrogens (tertiary/aromatic N) is 1. The minimum absolute atomic E-state index is 0.397. The standard InChI is InChI=1S/C14H20Br2N2S/c15-11-5-13(19-14(11)16)12(6-17)18(7-9-1-2-9)8-10-3-4-10/h5,9-10,12H,1-4,6-8,17H2. The van der Waals surface area contributed by atoms with Crippen LogP contribution in [0.15, 0.2) is 14.3 Å². The monoisotopic (exact) mass is 406 g/mol. The zero-order chi connectivity index (χ0) is 13.4. The van der Waals surface area contributed by atoms with Gasteiger partial charge >= 0.3 is 0 Å². The number of hydrogen-bond donors (Lipinski definition) is 1. The Hall–Kier alpha value is 0.580. The molecule has 0 saturated heterocycles. The molecule has 5 heteroatoms. The molecule has 2 fully saturated rings. The molecule has 0 bridgehead atoms. The minimum Gasteiger partial charge on any atom is -0.329 e. The van der Waals surface area contributed by atoms with E-state index in [1.54, 1.807) is 0 Å². The van der Waals surface area contributed by atoms with Crippen LogP contribution in [-0.2, 0) is 0 Å². The summed E-state index contributed by atoms with van der Waals surface area (Å²) in [6.07, 6.45) is 5.65. The summed E-state index contributed by atoms with van der Waals surface area (Å²) >= 11 is 9.01. The summed E-state index contributed by atoms with van der Waals surface area (Å²) in [7, 11) is 0. The van der Waals surface area contributed by atoms with Gasteiger partial charge in [-0.25, -0.2) is 0 Å². The van der Waals surface area contributed by atoms with Crippen LogP contribution in [0.1, 0.15) is 36.6 Å². The molecule has 0 aliphatic heterocycles. The topological polar surface area (TPSA) is 29.3 Å². The molecule has 2 N–H and O–H groups in total. The van der Waals surface area contributed by atoms with E-state index in [2.05, 4.69) is 42.8 Å². The van der Waals surface area contributed by atoms with Crippen molar-refractivity contribution in [1.82, 2.24) is 4.90 Å². The maximum Gasteiger partial charge on any atom is 0.0843 e. The number of nitrogens with two attached hydrogens (primary N) is 1. The van der Waals surface area contributed by atoms with Crippen LogP contribution in [0.3, 0.4) is 0 Å². The van der Waals surface area contributed by atoms with E-state index in [1.165, 1.54) is 47.4 Å². The van der Waals surface area contributed by atoms with Crippen LogP contribution >= 0.6 is 43.2 Å². The highest BCUT2D eigenvalue weighted by atomic mass is 79.9. The first-order valence-corrected chi connectivity index (χ1v) is 9.46. The Balaban J connectivity index is 1.75. The lowest BCUT2D eigenvalue weighted by Gasteiger charge is -2.30. The van der Waals surface area contributed by atoms with Gasteiger partial charge in [-0.15, -0.1) is 11.3 Å². The Kier molecular flexibility index (Phi) is 4.69. The Morgan fingerprint density at radius 2 is 1.79 bits per heavy atom. The second-order valence-electron chi connectivity index (χ2n) is 5.86. The predicted molar refractivity (Wildman–Crippen MR) is 88.5 cm³/mol. The van der Waals surface area contributed by atoms with E-state index in [9.17, 15) is 0 Å². The molecule has 1 aromatic heterocycles. The highest BCUT2D eigenvalue weighted by Gasteiger charge is 2.33. The van der Waals surface area contributed by atoms with Gasteiger partial charge in [0.2, 0.25) is 0 Å². The summed E-state index contributed by atoms with van der Waals surface area (Å²) in [6, 6.07) is 2.63. The van der Waals surface area contributed by atoms with Gasteiger partial charge in [0.25, 0.3) is 0 Å². The normalized spacial score (nSPS) is 21.1. The van der Waals surface area contributed by atoms with Crippen LogP contribution in [-0.4, -0.2) is 24.5 Å². The second kappa shape index (κ2) is 6.14. The molecule has 0 amide bonds. The molecule has 106 valence electrons. The van der Waals surface area contributed by atoms with Crippen molar-refractivity contribution in [3.63, 3.8) is 0 Å². The molecule has 1 atom stereocenters. The van der Waals surface area contributed by atoms with Crippen LogP contribution in [0.25, 0.3) is 0 Å². The fourth-order valence-electron chi connectivity index (χ4n) is 2.57. The summed E-state index contributed by atoms with van der Waals surface area (Å²) in [5.74, 6) is 1.86. The third kappa shape index (κ3) is 3.82. The Morgan fingerprint density at radius 3 is 2.16 bits per heavy atom. The van der Waals surface area contributed by atoms with Crippen molar-refractivity contribution in [2.45, 2.75) is 31.7 Å². The van der Waals surface area contributed by atoms with E-state index in [-0.39, 0.29) is 0 Å². The SMILES string of the molecule is NCC(c1cc(Br)c(Br)s1)N(CC1CC1)CC1CC1. The van der Waals surface area contributed by atoms with Crippen molar-refractivity contribution in [1.29, 1.82) is 0 Å². The van der Waals surface area contributed by atoms with Crippen molar-refractivity contribution in [3.05, 3.63) is 19.2 Å². The molecule has 0 radical (unpaired) electrons. The van der Waals surface area contributed by atoms with Crippen LogP contribution < -0.4 is 5.73 Å². The lowest BCUT2D eigenvalue weighted by molar-refractivity contribution is 0.187. The number of rotatable bonds is 7. The molecular formula is C14H20Br2N2S. The van der Waals surface area contributed by atoms with E-state index in [0.29, 0.717) is 6.04 Å². The van der Waals surface area contributed by atoms with Crippen molar-refractivity contribution >= 4 is 43.2 Å². The molecular weight excluding hydrogens is 388 g/mol. The average molecular weight is 408 g/mol. The molecule has 2 aliphatic rings. The van der Waals surface area contributed by atoms with Crippen molar-refractivity contribution in [2.75, 3.05) is 19.6 Å². The van der Waals surface area contributed by atoms with E-state index >= 15 is 0 Å². The first-order chi connectivity index (χ1) is 9.17. The van der Waals surface area contributed by atoms with Gasteiger partial charge < -0.3 is 5.73 Å². The molecule has 0 aromatic carbocycles. The molecule has 1 aromatic rings. The van der Waals surface area contributed by atoms with Crippen LogP contribution in [0.4, 0.5) is 0 Å². The Bertz CT molecular complexity index is 407. The summed E-state index contributed by atoms with van der Waals surface area (Å²) < 4.78 is 2.34. The highest BCUT2D eigenvalue weighted by Crippen LogP contribution is 2.41. The van der Waals surface area contributed by atoms with E-state index in [4.69, 9.17) is 5.73 Å². The van der Waals surface area contributed by atoms with Gasteiger partial charge in [0.1, 0.15) is 0 Å². The number of halogens is 2. The predicted octanol–water partition coefficient (Wildman–Crippen LogP) is 4.39. The van der Waals surface area contributed by atoms with Crippen molar-refractivity contribution < 1.29 is 0 Å². The number of hydrogen-bond acceptors (Lipinski definition) is 3. The van der Waals surface area contributed by atoms with Gasteiger partial charge in [-0.05, 0) is 75.4 Å². The van der Waals surface area contributed by atoms with E-state index in [1.807, 2.05) is 11.3 Å². The van der Waals surface area contributed by atoms with E-state index < -0.39 is 0 Å². The average Bonchev–Trinajstić information content (AvgIpc) is 3.26. The molecule has 19 heavy (non-hydrogen) atoms. The smallest absolute Gasteiger partial charge is 0.0843 e. The zero-order valence-electron chi connectivity index (χ0n) is 10.9. The first kappa shape index (κ1) is 14.5.